The van der Waals surface area contributed by atoms with Gasteiger partial charge in [-0.2, -0.15) is 0 Å². The zero-order valence-corrected chi connectivity index (χ0v) is 11.8. The Bertz CT molecular complexity index is 434. The SMILES string of the molecule is CNC(=O)CN(C)CC(=O)NCc1ccc(Cl)cc1. The van der Waals surface area contributed by atoms with E-state index in [1.807, 2.05) is 12.1 Å². The van der Waals surface area contributed by atoms with Crippen LogP contribution in [0.15, 0.2) is 24.3 Å². The standard InChI is InChI=1S/C13H18ClN3O2/c1-15-12(18)8-17(2)9-13(19)16-7-10-3-5-11(14)6-4-10/h3-6H,7-9H2,1-2H3,(H,15,18)(H,16,19). The molecule has 0 aliphatic heterocycles. The van der Waals surface area contributed by atoms with Crippen LogP contribution in [-0.4, -0.2) is 43.9 Å². The maximum Gasteiger partial charge on any atom is 0.234 e. The third-order valence-electron chi connectivity index (χ3n) is 2.51. The number of likely N-dealkylation sites (N-methyl/N-ethyl adjacent to an activating group) is 2. The molecular weight excluding hydrogens is 266 g/mol. The zero-order chi connectivity index (χ0) is 14.3. The van der Waals surface area contributed by atoms with Crippen molar-refractivity contribution in [2.24, 2.45) is 0 Å². The third-order valence-corrected chi connectivity index (χ3v) is 2.76. The second-order valence-corrected chi connectivity index (χ2v) is 4.69. The number of hydrogen-bond acceptors (Lipinski definition) is 3. The van der Waals surface area contributed by atoms with Gasteiger partial charge in [0.1, 0.15) is 0 Å². The fourth-order valence-corrected chi connectivity index (χ4v) is 1.61. The van der Waals surface area contributed by atoms with Crippen LogP contribution in [0.3, 0.4) is 0 Å². The number of benzene rings is 1. The zero-order valence-electron chi connectivity index (χ0n) is 11.1. The van der Waals surface area contributed by atoms with Crippen molar-refractivity contribution in [3.05, 3.63) is 34.9 Å². The van der Waals surface area contributed by atoms with Crippen LogP contribution >= 0.6 is 11.6 Å². The van der Waals surface area contributed by atoms with Crippen LogP contribution in [0, 0.1) is 0 Å². The predicted molar refractivity (Wildman–Crippen MR) is 74.9 cm³/mol. The molecule has 0 saturated carbocycles. The Morgan fingerprint density at radius 1 is 1.16 bits per heavy atom. The minimum Gasteiger partial charge on any atom is -0.358 e. The van der Waals surface area contributed by atoms with Gasteiger partial charge in [-0.1, -0.05) is 23.7 Å². The lowest BCUT2D eigenvalue weighted by Crippen LogP contribution is -2.39. The topological polar surface area (TPSA) is 61.4 Å². The summed E-state index contributed by atoms with van der Waals surface area (Å²) in [6, 6.07) is 7.27. The van der Waals surface area contributed by atoms with Crippen LogP contribution in [0.1, 0.15) is 5.56 Å². The summed E-state index contributed by atoms with van der Waals surface area (Å²) < 4.78 is 0. The van der Waals surface area contributed by atoms with Crippen molar-refractivity contribution < 1.29 is 9.59 Å². The predicted octanol–water partition coefficient (Wildman–Crippen LogP) is 0.634. The molecule has 0 spiro atoms. The molecular formula is C13H18ClN3O2. The van der Waals surface area contributed by atoms with Crippen molar-refractivity contribution in [2.75, 3.05) is 27.2 Å². The van der Waals surface area contributed by atoms with Gasteiger partial charge in [0.25, 0.3) is 0 Å². The number of amides is 2. The first-order chi connectivity index (χ1) is 9.01. The Morgan fingerprint density at radius 2 is 1.74 bits per heavy atom. The second-order valence-electron chi connectivity index (χ2n) is 4.25. The van der Waals surface area contributed by atoms with Gasteiger partial charge >= 0.3 is 0 Å². The average molecular weight is 284 g/mol. The van der Waals surface area contributed by atoms with E-state index in [0.717, 1.165) is 5.56 Å². The van der Waals surface area contributed by atoms with Gasteiger partial charge in [0.05, 0.1) is 13.1 Å². The highest BCUT2D eigenvalue weighted by molar-refractivity contribution is 6.30. The summed E-state index contributed by atoms with van der Waals surface area (Å²) in [5.74, 6) is -0.241. The maximum atomic E-state index is 11.7. The first-order valence-electron chi connectivity index (χ1n) is 5.91. The quantitative estimate of drug-likeness (QED) is 0.805. The smallest absolute Gasteiger partial charge is 0.234 e. The lowest BCUT2D eigenvalue weighted by Gasteiger charge is -2.15. The van der Waals surface area contributed by atoms with Crippen LogP contribution in [0.25, 0.3) is 0 Å². The van der Waals surface area contributed by atoms with E-state index in [4.69, 9.17) is 11.6 Å². The van der Waals surface area contributed by atoms with E-state index in [9.17, 15) is 9.59 Å². The molecule has 2 N–H and O–H groups in total. The Kier molecular flexibility index (Phi) is 6.32. The van der Waals surface area contributed by atoms with Gasteiger partial charge < -0.3 is 10.6 Å². The van der Waals surface area contributed by atoms with E-state index in [1.165, 1.54) is 0 Å². The molecule has 0 radical (unpaired) electrons. The van der Waals surface area contributed by atoms with Gasteiger partial charge in [0, 0.05) is 18.6 Å². The van der Waals surface area contributed by atoms with E-state index in [1.54, 1.807) is 31.1 Å². The van der Waals surface area contributed by atoms with Crippen molar-refractivity contribution in [3.8, 4) is 0 Å². The molecule has 0 saturated heterocycles. The summed E-state index contributed by atoms with van der Waals surface area (Å²) >= 11 is 5.77. The van der Waals surface area contributed by atoms with E-state index < -0.39 is 0 Å². The molecule has 0 unspecified atom stereocenters. The largest absolute Gasteiger partial charge is 0.358 e. The molecule has 0 aliphatic carbocycles. The molecule has 0 heterocycles. The minimum absolute atomic E-state index is 0.118. The summed E-state index contributed by atoms with van der Waals surface area (Å²) in [4.78, 5) is 24.4. The Balaban J connectivity index is 2.31. The van der Waals surface area contributed by atoms with Crippen molar-refractivity contribution in [3.63, 3.8) is 0 Å². The number of rotatable bonds is 6. The summed E-state index contributed by atoms with van der Waals surface area (Å²) in [6.45, 7) is 0.829. The molecule has 0 bridgehead atoms. The van der Waals surface area contributed by atoms with E-state index in [-0.39, 0.29) is 24.9 Å². The molecule has 1 rings (SSSR count). The second kappa shape index (κ2) is 7.76. The van der Waals surface area contributed by atoms with Crippen LogP contribution in [0.5, 0.6) is 0 Å². The summed E-state index contributed by atoms with van der Waals surface area (Å²) in [5, 5.41) is 5.96. The average Bonchev–Trinajstić information content (AvgIpc) is 2.37. The van der Waals surface area contributed by atoms with Gasteiger partial charge in [-0.05, 0) is 24.7 Å². The fraction of sp³-hybridized carbons (Fsp3) is 0.385. The molecule has 19 heavy (non-hydrogen) atoms. The summed E-state index contributed by atoms with van der Waals surface area (Å²) in [5.41, 5.74) is 0.978. The Morgan fingerprint density at radius 3 is 2.32 bits per heavy atom. The van der Waals surface area contributed by atoms with Gasteiger partial charge in [-0.3, -0.25) is 14.5 Å². The normalized spacial score (nSPS) is 10.3. The molecule has 2 amide bonds. The summed E-state index contributed by atoms with van der Waals surface area (Å²) in [6.07, 6.45) is 0. The molecule has 0 atom stereocenters. The number of halogens is 1. The number of carbonyl (C=O) groups is 2. The lowest BCUT2D eigenvalue weighted by atomic mass is 10.2. The van der Waals surface area contributed by atoms with Crippen molar-refractivity contribution >= 4 is 23.4 Å². The van der Waals surface area contributed by atoms with Gasteiger partial charge in [0.15, 0.2) is 0 Å². The number of carbonyl (C=O) groups excluding carboxylic acids is 2. The van der Waals surface area contributed by atoms with Crippen LogP contribution < -0.4 is 10.6 Å². The molecule has 1 aromatic carbocycles. The number of hydrogen-bond donors (Lipinski definition) is 2. The van der Waals surface area contributed by atoms with E-state index >= 15 is 0 Å². The van der Waals surface area contributed by atoms with Crippen molar-refractivity contribution in [1.29, 1.82) is 0 Å². The molecule has 0 aromatic heterocycles. The number of nitrogens with zero attached hydrogens (tertiary/aromatic N) is 1. The molecule has 104 valence electrons. The fourth-order valence-electron chi connectivity index (χ4n) is 1.48. The minimum atomic E-state index is -0.124. The molecule has 1 aromatic rings. The highest BCUT2D eigenvalue weighted by Crippen LogP contribution is 2.08. The highest BCUT2D eigenvalue weighted by Gasteiger charge is 2.09. The molecule has 5 nitrogen and oxygen atoms in total. The van der Waals surface area contributed by atoms with E-state index in [0.29, 0.717) is 11.6 Å². The third kappa shape index (κ3) is 6.22. The van der Waals surface area contributed by atoms with Crippen LogP contribution in [-0.2, 0) is 16.1 Å². The highest BCUT2D eigenvalue weighted by atomic mass is 35.5. The first-order valence-corrected chi connectivity index (χ1v) is 6.29. The maximum absolute atomic E-state index is 11.7. The van der Waals surface area contributed by atoms with Crippen molar-refractivity contribution in [2.45, 2.75) is 6.54 Å². The molecule has 0 aliphatic rings. The molecule has 0 fully saturated rings. The van der Waals surface area contributed by atoms with Crippen molar-refractivity contribution in [1.82, 2.24) is 15.5 Å². The lowest BCUT2D eigenvalue weighted by molar-refractivity contribution is -0.124. The Hall–Kier alpha value is -1.59. The van der Waals surface area contributed by atoms with Gasteiger partial charge in [-0.15, -0.1) is 0 Å². The van der Waals surface area contributed by atoms with Gasteiger partial charge in [-0.25, -0.2) is 0 Å². The first kappa shape index (κ1) is 15.5. The Labute approximate surface area is 117 Å². The van der Waals surface area contributed by atoms with Crippen LogP contribution in [0.2, 0.25) is 5.02 Å². The van der Waals surface area contributed by atoms with Crippen LogP contribution in [0.4, 0.5) is 0 Å². The number of nitrogens with one attached hydrogen (secondary N) is 2. The molecule has 6 heteroatoms. The summed E-state index contributed by atoms with van der Waals surface area (Å²) in [7, 11) is 3.29. The van der Waals surface area contributed by atoms with E-state index in [2.05, 4.69) is 10.6 Å². The monoisotopic (exact) mass is 283 g/mol. The van der Waals surface area contributed by atoms with Gasteiger partial charge in [0.2, 0.25) is 11.8 Å².